The van der Waals surface area contributed by atoms with Gasteiger partial charge >= 0.3 is 12.1 Å². The van der Waals surface area contributed by atoms with E-state index in [0.29, 0.717) is 10.8 Å². The number of hydrogen-bond acceptors (Lipinski definition) is 6. The highest BCUT2D eigenvalue weighted by atomic mass is 35.5. The zero-order valence-electron chi connectivity index (χ0n) is 16.4. The van der Waals surface area contributed by atoms with E-state index in [0.717, 1.165) is 6.07 Å². The van der Waals surface area contributed by atoms with Gasteiger partial charge in [0.2, 0.25) is 11.2 Å². The molecular formula is C22H12Cl2F3NO5. The first kappa shape index (κ1) is 22.9. The summed E-state index contributed by atoms with van der Waals surface area (Å²) in [7, 11) is 0. The Labute approximate surface area is 193 Å². The second kappa shape index (κ2) is 8.92. The smallest absolute Gasteiger partial charge is 0.450 e. The number of nitrogens with zero attached hydrogens (tertiary/aromatic N) is 1. The fourth-order valence-electron chi connectivity index (χ4n) is 3.13. The average molecular weight is 498 g/mol. The Hall–Kier alpha value is -3.30. The molecule has 0 amide bonds. The Bertz CT molecular complexity index is 1390. The number of alkyl halides is 3. The van der Waals surface area contributed by atoms with Crippen LogP contribution in [-0.2, 0) is 17.4 Å². The van der Waals surface area contributed by atoms with Crippen LogP contribution in [0.15, 0.2) is 62.3 Å². The van der Waals surface area contributed by atoms with Gasteiger partial charge in [-0.05, 0) is 29.8 Å². The summed E-state index contributed by atoms with van der Waals surface area (Å²) in [4.78, 5) is 25.0. The van der Waals surface area contributed by atoms with E-state index in [-0.39, 0.29) is 40.3 Å². The molecule has 0 bridgehead atoms. The molecule has 2 aromatic carbocycles. The third-order valence-corrected chi connectivity index (χ3v) is 5.02. The Morgan fingerprint density at radius 2 is 1.79 bits per heavy atom. The van der Waals surface area contributed by atoms with Gasteiger partial charge in [-0.3, -0.25) is 9.59 Å². The molecule has 170 valence electrons. The van der Waals surface area contributed by atoms with Gasteiger partial charge in [0.1, 0.15) is 17.1 Å². The quantitative estimate of drug-likeness (QED) is 0.237. The van der Waals surface area contributed by atoms with Gasteiger partial charge in [0, 0.05) is 23.6 Å². The number of hydrogen-bond donors (Lipinski definition) is 0. The van der Waals surface area contributed by atoms with Crippen LogP contribution in [0, 0.1) is 0 Å². The van der Waals surface area contributed by atoms with E-state index < -0.39 is 28.9 Å². The summed E-state index contributed by atoms with van der Waals surface area (Å²) < 4.78 is 56.3. The fraction of sp³-hybridized carbons (Fsp3) is 0.136. The molecule has 33 heavy (non-hydrogen) atoms. The highest BCUT2D eigenvalue weighted by molar-refractivity contribution is 6.30. The molecule has 0 spiro atoms. The number of ether oxygens (including phenoxy) is 1. The number of carbonyl (C=O) groups is 1. The normalized spacial score (nSPS) is 11.7. The van der Waals surface area contributed by atoms with Crippen LogP contribution in [0.5, 0.6) is 5.75 Å². The van der Waals surface area contributed by atoms with Gasteiger partial charge < -0.3 is 13.7 Å². The van der Waals surface area contributed by atoms with Crippen molar-refractivity contribution in [3.63, 3.8) is 0 Å². The number of benzene rings is 2. The lowest BCUT2D eigenvalue weighted by Crippen LogP contribution is -2.16. The van der Waals surface area contributed by atoms with Crippen molar-refractivity contribution in [2.75, 3.05) is 0 Å². The van der Waals surface area contributed by atoms with Gasteiger partial charge in [-0.25, -0.2) is 0 Å². The number of aryl methyl sites for hydroxylation is 1. The number of fused-ring (bicyclic) bond motifs is 1. The van der Waals surface area contributed by atoms with Crippen LogP contribution >= 0.6 is 23.2 Å². The Kier molecular flexibility index (Phi) is 6.18. The molecule has 0 unspecified atom stereocenters. The number of carbonyl (C=O) groups excluding carboxylic acids is 1. The molecule has 2 aromatic heterocycles. The minimum Gasteiger partial charge on any atom is -0.450 e. The summed E-state index contributed by atoms with van der Waals surface area (Å²) >= 11 is 11.4. The maximum absolute atomic E-state index is 13.7. The summed E-state index contributed by atoms with van der Waals surface area (Å²) in [5, 5.41) is 3.81. The van der Waals surface area contributed by atoms with Gasteiger partial charge in [0.05, 0.1) is 17.4 Å². The molecule has 0 N–H and O–H groups in total. The van der Waals surface area contributed by atoms with E-state index in [1.54, 1.807) is 0 Å². The van der Waals surface area contributed by atoms with Crippen LogP contribution in [0.25, 0.3) is 22.1 Å². The fourth-order valence-corrected chi connectivity index (χ4v) is 3.41. The Balaban J connectivity index is 1.67. The Morgan fingerprint density at radius 1 is 1.06 bits per heavy atom. The van der Waals surface area contributed by atoms with Gasteiger partial charge in [-0.1, -0.05) is 40.5 Å². The van der Waals surface area contributed by atoms with Crippen molar-refractivity contribution in [3.05, 3.63) is 80.5 Å². The first-order valence-corrected chi connectivity index (χ1v) is 10.1. The van der Waals surface area contributed by atoms with Crippen LogP contribution in [0.1, 0.15) is 17.9 Å². The summed E-state index contributed by atoms with van der Waals surface area (Å²) in [6.45, 7) is 0. The molecule has 0 aliphatic rings. The van der Waals surface area contributed by atoms with Gasteiger partial charge in [0.25, 0.3) is 0 Å². The SMILES string of the molecule is O=C(CCc1cc(Cl)no1)Oc1ccc2c(=O)c(-c3ccc(Cl)cc3)c(C(F)(F)F)oc2c1. The molecule has 2 heterocycles. The molecule has 0 aliphatic heterocycles. The highest BCUT2D eigenvalue weighted by Crippen LogP contribution is 2.38. The molecule has 0 atom stereocenters. The van der Waals surface area contributed by atoms with Crippen LogP contribution < -0.4 is 10.2 Å². The lowest BCUT2D eigenvalue weighted by atomic mass is 10.0. The molecule has 0 saturated carbocycles. The summed E-state index contributed by atoms with van der Waals surface area (Å²) in [5.41, 5.74) is -1.89. The van der Waals surface area contributed by atoms with Crippen molar-refractivity contribution in [2.24, 2.45) is 0 Å². The molecule has 4 aromatic rings. The summed E-state index contributed by atoms with van der Waals surface area (Å²) in [5.74, 6) is -1.87. The van der Waals surface area contributed by atoms with Crippen LogP contribution in [0.3, 0.4) is 0 Å². The number of halogens is 5. The zero-order chi connectivity index (χ0) is 23.8. The number of esters is 1. The van der Waals surface area contributed by atoms with Crippen molar-refractivity contribution in [2.45, 2.75) is 19.0 Å². The predicted octanol–water partition coefficient (Wildman–Crippen LogP) is 6.31. The van der Waals surface area contributed by atoms with Crippen molar-refractivity contribution in [3.8, 4) is 16.9 Å². The summed E-state index contributed by atoms with van der Waals surface area (Å²) in [6.07, 6.45) is -4.89. The molecule has 0 saturated heterocycles. The first-order valence-electron chi connectivity index (χ1n) is 9.37. The topological polar surface area (TPSA) is 82.5 Å². The minimum absolute atomic E-state index is 0.00500. The molecule has 6 nitrogen and oxygen atoms in total. The molecule has 0 radical (unpaired) electrons. The largest absolute Gasteiger partial charge is 0.450 e. The molecule has 4 rings (SSSR count). The minimum atomic E-state index is -4.95. The van der Waals surface area contributed by atoms with Gasteiger partial charge in [-0.2, -0.15) is 13.2 Å². The molecule has 0 fully saturated rings. The van der Waals surface area contributed by atoms with E-state index in [2.05, 4.69) is 5.16 Å². The van der Waals surface area contributed by atoms with Crippen molar-refractivity contribution >= 4 is 40.1 Å². The van der Waals surface area contributed by atoms with E-state index in [4.69, 9.17) is 36.9 Å². The third-order valence-electron chi connectivity index (χ3n) is 4.59. The van der Waals surface area contributed by atoms with Gasteiger partial charge in [0.15, 0.2) is 5.15 Å². The predicted molar refractivity (Wildman–Crippen MR) is 113 cm³/mol. The second-order valence-corrected chi connectivity index (χ2v) is 7.71. The third kappa shape index (κ3) is 5.04. The molecular weight excluding hydrogens is 486 g/mol. The van der Waals surface area contributed by atoms with E-state index in [1.807, 2.05) is 0 Å². The van der Waals surface area contributed by atoms with Crippen LogP contribution in [0.2, 0.25) is 10.2 Å². The first-order chi connectivity index (χ1) is 15.6. The second-order valence-electron chi connectivity index (χ2n) is 6.89. The van der Waals surface area contributed by atoms with E-state index >= 15 is 0 Å². The highest BCUT2D eigenvalue weighted by Gasteiger charge is 2.39. The lowest BCUT2D eigenvalue weighted by Gasteiger charge is -2.13. The van der Waals surface area contributed by atoms with Crippen LogP contribution in [-0.4, -0.2) is 11.1 Å². The molecule has 11 heteroatoms. The van der Waals surface area contributed by atoms with E-state index in [1.165, 1.54) is 42.5 Å². The van der Waals surface area contributed by atoms with Crippen LogP contribution in [0.4, 0.5) is 13.2 Å². The Morgan fingerprint density at radius 3 is 2.42 bits per heavy atom. The van der Waals surface area contributed by atoms with Crippen molar-refractivity contribution in [1.82, 2.24) is 5.16 Å². The summed E-state index contributed by atoms with van der Waals surface area (Å²) in [6, 6.07) is 10.4. The zero-order valence-corrected chi connectivity index (χ0v) is 17.9. The monoisotopic (exact) mass is 497 g/mol. The maximum Gasteiger partial charge on any atom is 0.450 e. The van der Waals surface area contributed by atoms with E-state index in [9.17, 15) is 22.8 Å². The van der Waals surface area contributed by atoms with Crippen molar-refractivity contribution in [1.29, 1.82) is 0 Å². The molecule has 0 aliphatic carbocycles. The maximum atomic E-state index is 13.7. The average Bonchev–Trinajstić information content (AvgIpc) is 3.17. The lowest BCUT2D eigenvalue weighted by molar-refractivity contribution is -0.152. The number of rotatable bonds is 5. The standard InChI is InChI=1S/C22H12Cl2F3NO5/c23-12-3-1-11(2-4-12)19-20(30)15-7-5-13(9-16(15)32-21(19)22(25,26)27)31-18(29)8-6-14-10-17(24)28-33-14/h1-5,7,9-10H,6,8H2. The number of aromatic nitrogens is 1. The van der Waals surface area contributed by atoms with Gasteiger partial charge in [-0.15, -0.1) is 0 Å². The van der Waals surface area contributed by atoms with Crippen molar-refractivity contribution < 1.29 is 31.6 Å².